The monoisotopic (exact) mass is 373 g/mol. The number of amides is 2. The van der Waals surface area contributed by atoms with E-state index in [0.29, 0.717) is 43.4 Å². The Morgan fingerprint density at radius 1 is 1.30 bits per heavy atom. The molecule has 9 nitrogen and oxygen atoms in total. The van der Waals surface area contributed by atoms with Gasteiger partial charge in [0.25, 0.3) is 5.56 Å². The lowest BCUT2D eigenvalue weighted by Gasteiger charge is -2.32. The number of benzene rings is 1. The molecule has 1 aliphatic heterocycles. The Labute approximate surface area is 156 Å². The summed E-state index contributed by atoms with van der Waals surface area (Å²) in [6.45, 7) is 4.77. The number of carbonyl (C=O) groups excluding carboxylic acids is 2. The van der Waals surface area contributed by atoms with E-state index in [0.717, 1.165) is 4.68 Å². The number of likely N-dealkylation sites (tertiary alicyclic amines) is 1. The molecule has 2 aromatic rings. The van der Waals surface area contributed by atoms with E-state index in [-0.39, 0.29) is 23.6 Å². The second kappa shape index (κ2) is 8.15. The van der Waals surface area contributed by atoms with E-state index in [9.17, 15) is 14.4 Å². The SMILES string of the molecule is CCOC(=O)N1CCC(NC(=O)[C@@H](C)n2nnc3ccccc3c2=O)CC1. The Hall–Kier alpha value is -2.97. The molecule has 1 fully saturated rings. The van der Waals surface area contributed by atoms with Crippen molar-refractivity contribution in [2.45, 2.75) is 38.8 Å². The molecule has 0 bridgehead atoms. The molecule has 2 amide bonds. The minimum Gasteiger partial charge on any atom is -0.450 e. The van der Waals surface area contributed by atoms with Gasteiger partial charge in [-0.1, -0.05) is 17.3 Å². The van der Waals surface area contributed by atoms with Crippen LogP contribution in [0.1, 0.15) is 32.7 Å². The van der Waals surface area contributed by atoms with Crippen LogP contribution in [0.2, 0.25) is 0 Å². The van der Waals surface area contributed by atoms with Gasteiger partial charge < -0.3 is 15.0 Å². The quantitative estimate of drug-likeness (QED) is 0.860. The second-order valence-electron chi connectivity index (χ2n) is 6.50. The number of hydrogen-bond acceptors (Lipinski definition) is 6. The molecule has 2 heterocycles. The van der Waals surface area contributed by atoms with E-state index in [1.807, 2.05) is 0 Å². The van der Waals surface area contributed by atoms with Gasteiger partial charge in [-0.2, -0.15) is 4.68 Å². The molecule has 27 heavy (non-hydrogen) atoms. The molecule has 0 saturated carbocycles. The minimum absolute atomic E-state index is 0.0604. The molecule has 3 rings (SSSR count). The van der Waals surface area contributed by atoms with Crippen molar-refractivity contribution >= 4 is 22.9 Å². The van der Waals surface area contributed by atoms with E-state index in [1.54, 1.807) is 43.0 Å². The summed E-state index contributed by atoms with van der Waals surface area (Å²) in [4.78, 5) is 38.5. The van der Waals surface area contributed by atoms with E-state index >= 15 is 0 Å². The van der Waals surface area contributed by atoms with Gasteiger partial charge in [-0.15, -0.1) is 5.10 Å². The third kappa shape index (κ3) is 4.07. The van der Waals surface area contributed by atoms with E-state index in [1.165, 1.54) is 0 Å². The highest BCUT2D eigenvalue weighted by atomic mass is 16.6. The van der Waals surface area contributed by atoms with Crippen molar-refractivity contribution in [3.8, 4) is 0 Å². The van der Waals surface area contributed by atoms with Crippen molar-refractivity contribution in [2.24, 2.45) is 0 Å². The van der Waals surface area contributed by atoms with Gasteiger partial charge in [0.15, 0.2) is 0 Å². The van der Waals surface area contributed by atoms with Crippen molar-refractivity contribution in [1.29, 1.82) is 0 Å². The first-order valence-corrected chi connectivity index (χ1v) is 9.07. The van der Waals surface area contributed by atoms with Crippen LogP contribution >= 0.6 is 0 Å². The number of fused-ring (bicyclic) bond motifs is 1. The maximum atomic E-state index is 12.6. The Bertz CT molecular complexity index is 889. The molecule has 1 saturated heterocycles. The van der Waals surface area contributed by atoms with Gasteiger partial charge in [0, 0.05) is 19.1 Å². The summed E-state index contributed by atoms with van der Waals surface area (Å²) in [5.41, 5.74) is 0.151. The number of hydrogen-bond donors (Lipinski definition) is 1. The summed E-state index contributed by atoms with van der Waals surface area (Å²) in [5, 5.41) is 11.3. The minimum atomic E-state index is -0.780. The van der Waals surface area contributed by atoms with Gasteiger partial charge in [-0.3, -0.25) is 9.59 Å². The lowest BCUT2D eigenvalue weighted by Crippen LogP contribution is -2.48. The maximum absolute atomic E-state index is 12.6. The summed E-state index contributed by atoms with van der Waals surface area (Å²) < 4.78 is 6.09. The van der Waals surface area contributed by atoms with Crippen molar-refractivity contribution < 1.29 is 14.3 Å². The van der Waals surface area contributed by atoms with Gasteiger partial charge in [-0.05, 0) is 38.8 Å². The van der Waals surface area contributed by atoms with Crippen LogP contribution in [0.5, 0.6) is 0 Å². The number of piperidine rings is 1. The van der Waals surface area contributed by atoms with Crippen molar-refractivity contribution in [3.63, 3.8) is 0 Å². The molecule has 1 aromatic heterocycles. The number of rotatable bonds is 4. The van der Waals surface area contributed by atoms with Crippen LogP contribution < -0.4 is 10.9 Å². The van der Waals surface area contributed by atoms with Gasteiger partial charge in [0.1, 0.15) is 11.6 Å². The first-order chi connectivity index (χ1) is 13.0. The predicted octanol–water partition coefficient (Wildman–Crippen LogP) is 1.09. The summed E-state index contributed by atoms with van der Waals surface area (Å²) in [7, 11) is 0. The Morgan fingerprint density at radius 2 is 2.00 bits per heavy atom. The van der Waals surface area contributed by atoms with Crippen molar-refractivity contribution in [2.75, 3.05) is 19.7 Å². The first-order valence-electron chi connectivity index (χ1n) is 9.07. The van der Waals surface area contributed by atoms with Gasteiger partial charge >= 0.3 is 6.09 Å². The lowest BCUT2D eigenvalue weighted by molar-refractivity contribution is -0.125. The molecule has 0 aliphatic carbocycles. The Morgan fingerprint density at radius 3 is 2.70 bits per heavy atom. The van der Waals surface area contributed by atoms with E-state index < -0.39 is 6.04 Å². The fraction of sp³-hybridized carbons (Fsp3) is 0.500. The summed E-state index contributed by atoms with van der Waals surface area (Å²) in [5.74, 6) is -0.295. The van der Waals surface area contributed by atoms with Crippen LogP contribution in [-0.4, -0.2) is 57.6 Å². The highest BCUT2D eigenvalue weighted by Crippen LogP contribution is 2.13. The summed E-state index contributed by atoms with van der Waals surface area (Å²) in [6.07, 6.45) is 0.944. The standard InChI is InChI=1S/C18H23N5O4/c1-3-27-18(26)22-10-8-13(9-11-22)19-16(24)12(2)23-17(25)14-6-4-5-7-15(14)20-21-23/h4-7,12-13H,3,8-11H2,1-2H3,(H,19,24)/t12-/m1/s1. The average Bonchev–Trinajstić information content (AvgIpc) is 2.68. The number of ether oxygens (including phenoxy) is 1. The normalized spacial score (nSPS) is 16.1. The molecule has 1 N–H and O–H groups in total. The zero-order chi connectivity index (χ0) is 19.4. The predicted molar refractivity (Wildman–Crippen MR) is 98.3 cm³/mol. The average molecular weight is 373 g/mol. The van der Waals surface area contributed by atoms with Crippen molar-refractivity contribution in [1.82, 2.24) is 25.2 Å². The summed E-state index contributed by atoms with van der Waals surface area (Å²) >= 11 is 0. The fourth-order valence-electron chi connectivity index (χ4n) is 3.11. The van der Waals surface area contributed by atoms with Crippen LogP contribution in [0, 0.1) is 0 Å². The van der Waals surface area contributed by atoms with Crippen LogP contribution in [-0.2, 0) is 9.53 Å². The Balaban J connectivity index is 1.63. The molecule has 0 unspecified atom stereocenters. The van der Waals surface area contributed by atoms with Crippen LogP contribution in [0.3, 0.4) is 0 Å². The second-order valence-corrected chi connectivity index (χ2v) is 6.50. The lowest BCUT2D eigenvalue weighted by atomic mass is 10.0. The number of aromatic nitrogens is 3. The zero-order valence-corrected chi connectivity index (χ0v) is 15.4. The van der Waals surface area contributed by atoms with Crippen LogP contribution in [0.15, 0.2) is 29.1 Å². The number of carbonyl (C=O) groups is 2. The molecule has 144 valence electrons. The number of nitrogens with one attached hydrogen (secondary N) is 1. The third-order valence-corrected chi connectivity index (χ3v) is 4.71. The molecule has 1 atom stereocenters. The van der Waals surface area contributed by atoms with Crippen LogP contribution in [0.4, 0.5) is 4.79 Å². The largest absolute Gasteiger partial charge is 0.450 e. The topological polar surface area (TPSA) is 106 Å². The molecular formula is C18H23N5O4. The van der Waals surface area contributed by atoms with Gasteiger partial charge in [0.05, 0.1) is 12.0 Å². The highest BCUT2D eigenvalue weighted by Gasteiger charge is 2.27. The molecular weight excluding hydrogens is 350 g/mol. The van der Waals surface area contributed by atoms with E-state index in [2.05, 4.69) is 15.6 Å². The van der Waals surface area contributed by atoms with E-state index in [4.69, 9.17) is 4.74 Å². The molecule has 0 radical (unpaired) electrons. The van der Waals surface area contributed by atoms with Gasteiger partial charge in [0.2, 0.25) is 5.91 Å². The summed E-state index contributed by atoms with van der Waals surface area (Å²) in [6, 6.07) is 6.05. The third-order valence-electron chi connectivity index (χ3n) is 4.71. The van der Waals surface area contributed by atoms with Crippen molar-refractivity contribution in [3.05, 3.63) is 34.6 Å². The Kier molecular flexibility index (Phi) is 5.68. The molecule has 9 heteroatoms. The van der Waals surface area contributed by atoms with Gasteiger partial charge in [-0.25, -0.2) is 4.79 Å². The van der Waals surface area contributed by atoms with Crippen LogP contribution in [0.25, 0.3) is 10.9 Å². The zero-order valence-electron chi connectivity index (χ0n) is 15.4. The fourth-order valence-corrected chi connectivity index (χ4v) is 3.11. The molecule has 1 aliphatic rings. The molecule has 1 aromatic carbocycles. The maximum Gasteiger partial charge on any atom is 0.409 e. The smallest absolute Gasteiger partial charge is 0.409 e. The highest BCUT2D eigenvalue weighted by molar-refractivity contribution is 5.81. The molecule has 0 spiro atoms. The first kappa shape index (κ1) is 18.8. The number of nitrogens with zero attached hydrogens (tertiary/aromatic N) is 4.